The van der Waals surface area contributed by atoms with Gasteiger partial charge < -0.3 is 0 Å². The Balaban J connectivity index is 3.12. The number of benzene rings is 1. The van der Waals surface area contributed by atoms with Crippen LogP contribution in [0.15, 0.2) is 18.2 Å². The average Bonchev–Trinajstić information content (AvgIpc) is 2.16. The molecule has 2 heteroatoms. The molecule has 1 rings (SSSR count). The lowest BCUT2D eigenvalue weighted by Gasteiger charge is -2.12. The van der Waals surface area contributed by atoms with Gasteiger partial charge in [-0.2, -0.15) is 0 Å². The molecule has 13 heavy (non-hydrogen) atoms. The number of hydrogen-bond acceptors (Lipinski definition) is 0. The first kappa shape index (κ1) is 10.2. The second kappa shape index (κ2) is 4.35. The summed E-state index contributed by atoms with van der Waals surface area (Å²) in [6, 6.07) is 4.79. The molecule has 0 aliphatic carbocycles. The first-order valence-corrected chi connectivity index (χ1v) is 4.36. The second-order valence-corrected chi connectivity index (χ2v) is 3.03. The van der Waals surface area contributed by atoms with E-state index < -0.39 is 6.67 Å². The Bertz CT molecular complexity index is 281. The van der Waals surface area contributed by atoms with E-state index in [9.17, 15) is 8.78 Å². The Morgan fingerprint density at radius 2 is 2.08 bits per heavy atom. The molecule has 0 aliphatic rings. The van der Waals surface area contributed by atoms with Gasteiger partial charge in [0.15, 0.2) is 0 Å². The lowest BCUT2D eigenvalue weighted by Crippen LogP contribution is -2.03. The summed E-state index contributed by atoms with van der Waals surface area (Å²) in [5.74, 6) is 0.351. The van der Waals surface area contributed by atoms with Crippen LogP contribution in [-0.2, 0) is 6.42 Å². The van der Waals surface area contributed by atoms with E-state index in [1.807, 2.05) is 6.92 Å². The molecular formula is C11H13F2. The van der Waals surface area contributed by atoms with Crippen molar-refractivity contribution in [2.24, 2.45) is 0 Å². The van der Waals surface area contributed by atoms with Crippen molar-refractivity contribution in [3.05, 3.63) is 41.1 Å². The van der Waals surface area contributed by atoms with Crippen LogP contribution in [0.1, 0.15) is 25.0 Å². The highest BCUT2D eigenvalue weighted by atomic mass is 19.1. The molecule has 0 aliphatic heterocycles. The molecule has 0 amide bonds. The van der Waals surface area contributed by atoms with Crippen LogP contribution in [0.4, 0.5) is 8.78 Å². The summed E-state index contributed by atoms with van der Waals surface area (Å²) in [6.45, 7) is 3.04. The summed E-state index contributed by atoms with van der Waals surface area (Å²) in [4.78, 5) is 0. The fraction of sp³-hybridized carbons (Fsp3) is 0.364. The Labute approximate surface area is 77.6 Å². The molecule has 0 aromatic heterocycles. The standard InChI is InChI=1S/C11H13F2/c1-3-9-10(8(2)7-12)5-4-6-11(9)13/h4-6H,3,7H2,1-2H3. The molecule has 0 heterocycles. The van der Waals surface area contributed by atoms with Crippen LogP contribution in [0.2, 0.25) is 0 Å². The summed E-state index contributed by atoms with van der Waals surface area (Å²) >= 11 is 0. The van der Waals surface area contributed by atoms with E-state index in [4.69, 9.17) is 0 Å². The lowest BCUT2D eigenvalue weighted by atomic mass is 9.95. The van der Waals surface area contributed by atoms with Crippen LogP contribution in [0.3, 0.4) is 0 Å². The van der Waals surface area contributed by atoms with Crippen molar-refractivity contribution in [3.63, 3.8) is 0 Å². The monoisotopic (exact) mass is 183 g/mol. The molecular weight excluding hydrogens is 170 g/mol. The van der Waals surface area contributed by atoms with Crippen LogP contribution >= 0.6 is 0 Å². The molecule has 0 saturated heterocycles. The molecule has 1 radical (unpaired) electrons. The van der Waals surface area contributed by atoms with Gasteiger partial charge in [-0.1, -0.05) is 26.0 Å². The Hall–Kier alpha value is -0.920. The van der Waals surface area contributed by atoms with Crippen molar-refractivity contribution < 1.29 is 8.78 Å². The highest BCUT2D eigenvalue weighted by Gasteiger charge is 2.12. The van der Waals surface area contributed by atoms with Gasteiger partial charge in [-0.15, -0.1) is 0 Å². The highest BCUT2D eigenvalue weighted by molar-refractivity contribution is 5.38. The Morgan fingerprint density at radius 3 is 2.62 bits per heavy atom. The number of halogens is 2. The number of alkyl halides is 1. The van der Waals surface area contributed by atoms with E-state index in [1.54, 1.807) is 19.1 Å². The third-order valence-electron chi connectivity index (χ3n) is 2.13. The van der Waals surface area contributed by atoms with Crippen molar-refractivity contribution >= 4 is 0 Å². The van der Waals surface area contributed by atoms with Crippen LogP contribution in [0.25, 0.3) is 0 Å². The molecule has 0 N–H and O–H groups in total. The van der Waals surface area contributed by atoms with Gasteiger partial charge in [0.05, 0.1) is 6.67 Å². The quantitative estimate of drug-likeness (QED) is 0.674. The van der Waals surface area contributed by atoms with E-state index in [0.717, 1.165) is 0 Å². The molecule has 0 saturated carbocycles. The van der Waals surface area contributed by atoms with E-state index in [2.05, 4.69) is 0 Å². The van der Waals surface area contributed by atoms with Crippen molar-refractivity contribution in [1.29, 1.82) is 0 Å². The van der Waals surface area contributed by atoms with Gasteiger partial charge in [-0.3, -0.25) is 4.39 Å². The van der Waals surface area contributed by atoms with Crippen LogP contribution in [0, 0.1) is 11.7 Å². The lowest BCUT2D eigenvalue weighted by molar-refractivity contribution is 0.513. The number of hydrogen-bond donors (Lipinski definition) is 0. The predicted molar refractivity (Wildman–Crippen MR) is 49.8 cm³/mol. The third kappa shape index (κ3) is 2.06. The van der Waals surface area contributed by atoms with Gasteiger partial charge in [0.1, 0.15) is 5.82 Å². The van der Waals surface area contributed by atoms with Gasteiger partial charge >= 0.3 is 0 Å². The zero-order valence-electron chi connectivity index (χ0n) is 7.90. The Morgan fingerprint density at radius 1 is 1.38 bits per heavy atom. The molecule has 0 bridgehead atoms. The predicted octanol–water partition coefficient (Wildman–Crippen LogP) is 3.30. The molecule has 1 aromatic rings. The van der Waals surface area contributed by atoms with Crippen molar-refractivity contribution in [1.82, 2.24) is 0 Å². The summed E-state index contributed by atoms with van der Waals surface area (Å²) in [6.07, 6.45) is 0.597. The molecule has 0 atom stereocenters. The third-order valence-corrected chi connectivity index (χ3v) is 2.13. The molecule has 0 unspecified atom stereocenters. The Kier molecular flexibility index (Phi) is 3.40. The first-order valence-electron chi connectivity index (χ1n) is 4.36. The average molecular weight is 183 g/mol. The summed E-state index contributed by atoms with van der Waals surface area (Å²) in [5, 5.41) is 0. The normalized spacial score (nSPS) is 10.8. The summed E-state index contributed by atoms with van der Waals surface area (Å²) < 4.78 is 25.6. The molecule has 1 aromatic carbocycles. The summed E-state index contributed by atoms with van der Waals surface area (Å²) in [7, 11) is 0. The first-order chi connectivity index (χ1) is 6.20. The van der Waals surface area contributed by atoms with Gasteiger partial charge in [-0.25, -0.2) is 4.39 Å². The van der Waals surface area contributed by atoms with Gasteiger partial charge in [0, 0.05) is 5.92 Å². The largest absolute Gasteiger partial charge is 0.250 e. The van der Waals surface area contributed by atoms with Gasteiger partial charge in [0.2, 0.25) is 0 Å². The van der Waals surface area contributed by atoms with Crippen LogP contribution in [0.5, 0.6) is 0 Å². The van der Waals surface area contributed by atoms with Crippen molar-refractivity contribution in [2.45, 2.75) is 20.3 Å². The van der Waals surface area contributed by atoms with E-state index in [0.29, 0.717) is 23.5 Å². The fourth-order valence-corrected chi connectivity index (χ4v) is 1.39. The zero-order chi connectivity index (χ0) is 9.84. The maximum absolute atomic E-state index is 13.2. The van der Waals surface area contributed by atoms with E-state index in [-0.39, 0.29) is 5.82 Å². The zero-order valence-corrected chi connectivity index (χ0v) is 7.90. The molecule has 0 fully saturated rings. The SMILES string of the molecule is CCc1c(F)cccc1[C](C)CF. The maximum atomic E-state index is 13.2. The van der Waals surface area contributed by atoms with Crippen LogP contribution in [-0.4, -0.2) is 6.67 Å². The van der Waals surface area contributed by atoms with Crippen molar-refractivity contribution in [2.75, 3.05) is 6.67 Å². The minimum Gasteiger partial charge on any atom is -0.250 e. The van der Waals surface area contributed by atoms with E-state index >= 15 is 0 Å². The molecule has 71 valence electrons. The van der Waals surface area contributed by atoms with Crippen LogP contribution < -0.4 is 0 Å². The van der Waals surface area contributed by atoms with Gasteiger partial charge in [-0.05, 0) is 23.6 Å². The minimum absolute atomic E-state index is 0.243. The smallest absolute Gasteiger partial charge is 0.126 e. The molecule has 0 spiro atoms. The fourth-order valence-electron chi connectivity index (χ4n) is 1.39. The maximum Gasteiger partial charge on any atom is 0.126 e. The summed E-state index contributed by atoms with van der Waals surface area (Å²) in [5.41, 5.74) is 1.32. The minimum atomic E-state index is -0.517. The van der Waals surface area contributed by atoms with E-state index in [1.165, 1.54) is 6.07 Å². The second-order valence-electron chi connectivity index (χ2n) is 3.03. The topological polar surface area (TPSA) is 0 Å². The highest BCUT2D eigenvalue weighted by Crippen LogP contribution is 2.22. The number of rotatable bonds is 3. The van der Waals surface area contributed by atoms with Gasteiger partial charge in [0.25, 0.3) is 0 Å². The molecule has 0 nitrogen and oxygen atoms in total. The van der Waals surface area contributed by atoms with Crippen molar-refractivity contribution in [3.8, 4) is 0 Å².